The second kappa shape index (κ2) is 22.2. The van der Waals surface area contributed by atoms with Crippen molar-refractivity contribution < 1.29 is 8.83 Å². The van der Waals surface area contributed by atoms with E-state index in [0.29, 0.717) is 0 Å². The molecule has 0 unspecified atom stereocenters. The Hall–Kier alpha value is -11.2. The van der Waals surface area contributed by atoms with Gasteiger partial charge in [-0.05, 0) is 214 Å². The van der Waals surface area contributed by atoms with Crippen LogP contribution in [-0.4, -0.2) is 4.57 Å². The first-order chi connectivity index (χ1) is 46.7. The number of unbranched alkanes of at least 4 members (excludes halogenated alkanes) is 3. The molecule has 0 saturated carbocycles. The zero-order valence-electron chi connectivity index (χ0n) is 54.2. The molecule has 0 saturated heterocycles. The summed E-state index contributed by atoms with van der Waals surface area (Å²) >= 11 is 0. The number of hydrogen-bond acceptors (Lipinski definition) is 3. The Morgan fingerprint density at radius 1 is 0.337 bits per heavy atom. The van der Waals surface area contributed by atoms with Crippen molar-refractivity contribution in [1.82, 2.24) is 4.57 Å². The molecule has 13 aromatic carbocycles. The average Bonchev–Trinajstić information content (AvgIpc) is 1.52. The second-order valence-corrected chi connectivity index (χ2v) is 26.8. The lowest BCUT2D eigenvalue weighted by Crippen LogP contribution is -2.36. The first-order valence-corrected chi connectivity index (χ1v) is 33.8. The van der Waals surface area contributed by atoms with Crippen molar-refractivity contribution in [1.29, 1.82) is 0 Å². The Labute approximate surface area is 554 Å². The summed E-state index contributed by atoms with van der Waals surface area (Å²) in [5.74, 6) is 3.15. The molecule has 0 bridgehead atoms. The van der Waals surface area contributed by atoms with Gasteiger partial charge < -0.3 is 18.3 Å². The van der Waals surface area contributed by atoms with Crippen molar-refractivity contribution >= 4 is 71.2 Å². The smallest absolute Gasteiger partial charge is 0.175 e. The summed E-state index contributed by atoms with van der Waals surface area (Å²) in [6.45, 7) is 11.0. The molecule has 1 aliphatic carbocycles. The van der Waals surface area contributed by atoms with Gasteiger partial charge in [-0.15, -0.1) is 0 Å². The van der Waals surface area contributed by atoms with E-state index in [1.807, 2.05) is 0 Å². The lowest BCUT2D eigenvalue weighted by Gasteiger charge is -2.44. The van der Waals surface area contributed by atoms with Crippen molar-refractivity contribution in [2.45, 2.75) is 72.1 Å². The maximum absolute atomic E-state index is 7.40. The summed E-state index contributed by atoms with van der Waals surface area (Å²) in [7, 11) is 0. The van der Waals surface area contributed by atoms with Crippen LogP contribution >= 0.6 is 0 Å². The van der Waals surface area contributed by atoms with Crippen LogP contribution in [0.25, 0.3) is 127 Å². The van der Waals surface area contributed by atoms with E-state index < -0.39 is 5.41 Å². The van der Waals surface area contributed by atoms with Crippen LogP contribution in [0, 0.1) is 27.7 Å². The third kappa shape index (κ3) is 8.95. The van der Waals surface area contributed by atoms with Gasteiger partial charge in [-0.2, -0.15) is 0 Å². The number of hydrogen-bond donors (Lipinski definition) is 0. The number of furan rings is 2. The van der Waals surface area contributed by atoms with Gasteiger partial charge in [0.25, 0.3) is 0 Å². The Balaban J connectivity index is 0.928. The summed E-state index contributed by atoms with van der Waals surface area (Å²) in [4.78, 5) is 2.60. The fourth-order valence-corrected chi connectivity index (χ4v) is 16.6. The lowest BCUT2D eigenvalue weighted by molar-refractivity contribution is 0.540. The molecule has 95 heavy (non-hydrogen) atoms. The molecule has 0 atom stereocenters. The van der Waals surface area contributed by atoms with Gasteiger partial charge in [-0.1, -0.05) is 230 Å². The topological polar surface area (TPSA) is 34.5 Å². The van der Waals surface area contributed by atoms with Crippen LogP contribution in [0.5, 0.6) is 0 Å². The molecule has 16 aromatic rings. The van der Waals surface area contributed by atoms with Crippen molar-refractivity contribution in [3.63, 3.8) is 0 Å². The Morgan fingerprint density at radius 2 is 0.884 bits per heavy atom. The van der Waals surface area contributed by atoms with E-state index in [-0.39, 0.29) is 0 Å². The van der Waals surface area contributed by atoms with Gasteiger partial charge in [-0.3, -0.25) is 0 Å². The van der Waals surface area contributed by atoms with E-state index in [2.05, 4.69) is 317 Å². The summed E-state index contributed by atoms with van der Waals surface area (Å²) in [6, 6.07) is 103. The highest BCUT2D eigenvalue weighted by molar-refractivity contribution is 6.24. The second-order valence-electron chi connectivity index (χ2n) is 26.8. The predicted octanol–water partition coefficient (Wildman–Crippen LogP) is 25.3. The molecule has 3 aromatic heterocycles. The van der Waals surface area contributed by atoms with Crippen molar-refractivity contribution in [3.8, 4) is 73.2 Å². The number of rotatable bonds is 12. The van der Waals surface area contributed by atoms with E-state index in [1.54, 1.807) is 0 Å². The van der Waals surface area contributed by atoms with Gasteiger partial charge in [0.05, 0.1) is 27.8 Å². The number of para-hydroxylation sites is 2. The number of fused-ring (bicyclic) bond motifs is 18. The van der Waals surface area contributed by atoms with Crippen molar-refractivity contribution in [2.24, 2.45) is 0 Å². The van der Waals surface area contributed by atoms with Gasteiger partial charge in [0.1, 0.15) is 11.5 Å². The van der Waals surface area contributed by atoms with Crippen molar-refractivity contribution in [3.05, 3.63) is 323 Å². The molecule has 4 heteroatoms. The molecular formula is C91H70N2O2. The summed E-state index contributed by atoms with van der Waals surface area (Å²) < 4.78 is 17.3. The molecule has 2 aliphatic rings. The Bertz CT molecular complexity index is 5620. The quantitative estimate of drug-likeness (QED) is 0.0903. The van der Waals surface area contributed by atoms with Gasteiger partial charge >= 0.3 is 0 Å². The van der Waals surface area contributed by atoms with E-state index >= 15 is 0 Å². The minimum Gasteiger partial charge on any atom is -0.452 e. The molecule has 456 valence electrons. The van der Waals surface area contributed by atoms with E-state index in [0.717, 1.165) is 108 Å². The highest BCUT2D eigenvalue weighted by atomic mass is 16.4. The Morgan fingerprint density at radius 3 is 1.52 bits per heavy atom. The van der Waals surface area contributed by atoms with Crippen LogP contribution in [0.2, 0.25) is 0 Å². The van der Waals surface area contributed by atoms with Crippen LogP contribution in [0.3, 0.4) is 0 Å². The molecule has 0 radical (unpaired) electrons. The first-order valence-electron chi connectivity index (χ1n) is 33.8. The number of anilines is 3. The molecule has 4 nitrogen and oxygen atoms in total. The molecule has 18 rings (SSSR count). The zero-order valence-corrected chi connectivity index (χ0v) is 54.2. The highest BCUT2D eigenvalue weighted by Gasteiger charge is 2.56. The largest absolute Gasteiger partial charge is 0.452 e. The standard InChI is InChI=1S/C91H70N2O2/c1-6-7-8-11-23-60-36-38-61(39-37-60)63-40-41-73-84(51-63)92(67-27-14-10-15-28-67)83-43-42-79-88(87(73)83)93(68-29-22-26-64(50-68)75-53-77-71-32-18-16-30-69(71)74(62-24-12-9-13-25-62)52-76(77)72-33-19-17-31-70(72)75)82-35-21-20-34-78(82)91(79)80-54-85(65-46-56(2)44-57(3)47-65)94-89(80)90-81(91)55-86(95-90)66-48-58(4)45-59(5)49-66/h9-10,12-22,24-55H,6-8,11,23H2,1-5H3. The molecule has 0 fully saturated rings. The third-order valence-electron chi connectivity index (χ3n) is 20.6. The number of aromatic nitrogens is 1. The van der Waals surface area contributed by atoms with Gasteiger partial charge in [0, 0.05) is 44.4 Å². The summed E-state index contributed by atoms with van der Waals surface area (Å²) in [5.41, 5.74) is 25.5. The van der Waals surface area contributed by atoms with Crippen LogP contribution in [0.4, 0.5) is 17.1 Å². The van der Waals surface area contributed by atoms with E-state index in [4.69, 9.17) is 8.83 Å². The van der Waals surface area contributed by atoms with E-state index in [9.17, 15) is 0 Å². The zero-order chi connectivity index (χ0) is 63.6. The number of benzene rings is 13. The third-order valence-corrected chi connectivity index (χ3v) is 20.6. The maximum Gasteiger partial charge on any atom is 0.175 e. The highest BCUT2D eigenvalue weighted by Crippen LogP contribution is 2.67. The fraction of sp³-hybridized carbons (Fsp3) is 0.121. The van der Waals surface area contributed by atoms with Crippen LogP contribution in [0.1, 0.15) is 82.7 Å². The Kier molecular flexibility index (Phi) is 13.2. The van der Waals surface area contributed by atoms with Gasteiger partial charge in [0.2, 0.25) is 0 Å². The minimum absolute atomic E-state index is 0.760. The number of nitrogens with zero attached hydrogens (tertiary/aromatic N) is 2. The van der Waals surface area contributed by atoms with Crippen LogP contribution in [0.15, 0.2) is 282 Å². The first kappa shape index (κ1) is 56.5. The van der Waals surface area contributed by atoms with E-state index in [1.165, 1.54) is 119 Å². The lowest BCUT2D eigenvalue weighted by atomic mass is 9.64. The molecule has 4 heterocycles. The molecule has 0 N–H and O–H groups in total. The van der Waals surface area contributed by atoms with Crippen LogP contribution in [-0.2, 0) is 11.8 Å². The SMILES string of the molecule is CCCCCCc1ccc(-c2ccc3c4c5c(ccc4n(-c4ccccc4)c3c2)C2(c3ccccc3N5c3cccc(-c4cc5c6ccccc6c(-c6ccccc6)cc5c5ccccc45)c3)c3cc(-c4cc(C)cc(C)c4)oc3-c3oc(-c4cc(C)cc(C)c4)cc32)cc1. The number of aryl methyl sites for hydroxylation is 5. The van der Waals surface area contributed by atoms with Gasteiger partial charge in [0.15, 0.2) is 11.5 Å². The molecule has 0 amide bonds. The monoisotopic (exact) mass is 1220 g/mol. The summed E-state index contributed by atoms with van der Waals surface area (Å²) in [5, 5.41) is 9.72. The van der Waals surface area contributed by atoms with Gasteiger partial charge in [-0.25, -0.2) is 0 Å². The van der Waals surface area contributed by atoms with Crippen LogP contribution < -0.4 is 4.90 Å². The van der Waals surface area contributed by atoms with Crippen molar-refractivity contribution in [2.75, 3.05) is 4.90 Å². The maximum atomic E-state index is 7.40. The molecule has 1 aliphatic heterocycles. The molecule has 1 spiro atoms. The minimum atomic E-state index is -0.909. The molecular weight excluding hydrogens is 1150 g/mol. The average molecular weight is 1220 g/mol. The normalized spacial score (nSPS) is 13.0. The predicted molar refractivity (Wildman–Crippen MR) is 397 cm³/mol. The summed E-state index contributed by atoms with van der Waals surface area (Å²) in [6.07, 6.45) is 6.10. The fourth-order valence-electron chi connectivity index (χ4n) is 16.6.